The molecular formula is C10H9FN2. The van der Waals surface area contributed by atoms with E-state index in [9.17, 15) is 4.39 Å². The van der Waals surface area contributed by atoms with E-state index in [0.717, 1.165) is 6.08 Å². The summed E-state index contributed by atoms with van der Waals surface area (Å²) in [5.74, 6) is -0.369. The number of nitrogens with zero attached hydrogens (tertiary/aromatic N) is 1. The summed E-state index contributed by atoms with van der Waals surface area (Å²) in [6.45, 7) is 1.65. The zero-order valence-electron chi connectivity index (χ0n) is 7.21. The molecule has 0 heterocycles. The van der Waals surface area contributed by atoms with Gasteiger partial charge in [0.1, 0.15) is 5.82 Å². The molecule has 13 heavy (non-hydrogen) atoms. The maximum absolute atomic E-state index is 13.3. The Morgan fingerprint density at radius 2 is 2.31 bits per heavy atom. The molecule has 0 radical (unpaired) electrons. The molecule has 0 unspecified atom stereocenters. The SMILES string of the molecule is Cc1cccc(/C(N)=C/C#N)c1F. The smallest absolute Gasteiger partial charge is 0.135 e. The van der Waals surface area contributed by atoms with E-state index in [1.807, 2.05) is 0 Å². The van der Waals surface area contributed by atoms with Crippen LogP contribution in [0.15, 0.2) is 24.3 Å². The van der Waals surface area contributed by atoms with E-state index in [2.05, 4.69) is 0 Å². The average Bonchev–Trinajstić information content (AvgIpc) is 2.10. The van der Waals surface area contributed by atoms with Crippen molar-refractivity contribution in [2.45, 2.75) is 6.92 Å². The maximum Gasteiger partial charge on any atom is 0.135 e. The second-order valence-electron chi connectivity index (χ2n) is 2.67. The Labute approximate surface area is 76.1 Å². The number of nitrogens with two attached hydrogens (primary N) is 1. The van der Waals surface area contributed by atoms with Gasteiger partial charge < -0.3 is 5.73 Å². The number of hydrogen-bond donors (Lipinski definition) is 1. The third-order valence-electron chi connectivity index (χ3n) is 1.72. The van der Waals surface area contributed by atoms with Crippen molar-refractivity contribution >= 4 is 5.70 Å². The number of benzene rings is 1. The van der Waals surface area contributed by atoms with Crippen molar-refractivity contribution in [1.82, 2.24) is 0 Å². The molecule has 0 saturated heterocycles. The van der Waals surface area contributed by atoms with Crippen molar-refractivity contribution in [1.29, 1.82) is 5.26 Å². The van der Waals surface area contributed by atoms with Gasteiger partial charge in [0.2, 0.25) is 0 Å². The second kappa shape index (κ2) is 3.72. The van der Waals surface area contributed by atoms with Crippen molar-refractivity contribution in [3.05, 3.63) is 41.2 Å². The van der Waals surface area contributed by atoms with Crippen LogP contribution in [0.1, 0.15) is 11.1 Å². The van der Waals surface area contributed by atoms with Crippen LogP contribution >= 0.6 is 0 Å². The Morgan fingerprint density at radius 1 is 1.62 bits per heavy atom. The summed E-state index contributed by atoms with van der Waals surface area (Å²) in [6, 6.07) is 6.66. The summed E-state index contributed by atoms with van der Waals surface area (Å²) in [5, 5.41) is 8.33. The third-order valence-corrected chi connectivity index (χ3v) is 1.72. The van der Waals surface area contributed by atoms with E-state index in [4.69, 9.17) is 11.0 Å². The van der Waals surface area contributed by atoms with Crippen LogP contribution in [0.5, 0.6) is 0 Å². The number of aryl methyl sites for hydroxylation is 1. The number of rotatable bonds is 1. The average molecular weight is 176 g/mol. The van der Waals surface area contributed by atoms with Crippen molar-refractivity contribution in [2.24, 2.45) is 5.73 Å². The number of nitriles is 1. The van der Waals surface area contributed by atoms with Crippen molar-refractivity contribution in [3.8, 4) is 6.07 Å². The second-order valence-corrected chi connectivity index (χ2v) is 2.67. The van der Waals surface area contributed by atoms with E-state index >= 15 is 0 Å². The summed E-state index contributed by atoms with van der Waals surface area (Å²) in [4.78, 5) is 0. The zero-order chi connectivity index (χ0) is 9.84. The molecule has 1 aromatic rings. The lowest BCUT2D eigenvalue weighted by molar-refractivity contribution is 0.614. The van der Waals surface area contributed by atoms with Gasteiger partial charge in [0, 0.05) is 11.6 Å². The lowest BCUT2D eigenvalue weighted by atomic mass is 10.1. The molecule has 0 aromatic heterocycles. The highest BCUT2D eigenvalue weighted by atomic mass is 19.1. The van der Waals surface area contributed by atoms with Crippen LogP contribution in [0.25, 0.3) is 5.70 Å². The first-order valence-electron chi connectivity index (χ1n) is 3.77. The standard InChI is InChI=1S/C10H9FN2/c1-7-3-2-4-8(10(7)11)9(13)5-6-12/h2-5H,13H2,1H3/b9-5-. The summed E-state index contributed by atoms with van der Waals surface area (Å²) in [6.07, 6.45) is 1.12. The van der Waals surface area contributed by atoms with E-state index in [1.54, 1.807) is 31.2 Å². The lowest BCUT2D eigenvalue weighted by Gasteiger charge is -2.03. The van der Waals surface area contributed by atoms with Gasteiger partial charge in [-0.25, -0.2) is 4.39 Å². The molecule has 66 valence electrons. The molecule has 1 aromatic carbocycles. The molecule has 0 saturated carbocycles. The number of hydrogen-bond acceptors (Lipinski definition) is 2. The minimum absolute atomic E-state index is 0.156. The van der Waals surface area contributed by atoms with Crippen molar-refractivity contribution in [2.75, 3.05) is 0 Å². The first-order valence-corrected chi connectivity index (χ1v) is 3.77. The largest absolute Gasteiger partial charge is 0.398 e. The molecule has 0 bridgehead atoms. The fraction of sp³-hybridized carbons (Fsp3) is 0.100. The Kier molecular flexibility index (Phi) is 2.65. The minimum Gasteiger partial charge on any atom is -0.398 e. The Balaban J connectivity index is 3.25. The predicted molar refractivity (Wildman–Crippen MR) is 48.9 cm³/mol. The highest BCUT2D eigenvalue weighted by molar-refractivity contribution is 5.65. The molecule has 0 spiro atoms. The summed E-state index contributed by atoms with van der Waals surface area (Å²) < 4.78 is 13.3. The minimum atomic E-state index is -0.369. The molecule has 1 rings (SSSR count). The number of halogens is 1. The fourth-order valence-corrected chi connectivity index (χ4v) is 1.02. The van der Waals surface area contributed by atoms with Crippen LogP contribution in [0.4, 0.5) is 4.39 Å². The molecule has 2 nitrogen and oxygen atoms in total. The van der Waals surface area contributed by atoms with E-state index in [-0.39, 0.29) is 17.1 Å². The topological polar surface area (TPSA) is 49.8 Å². The highest BCUT2D eigenvalue weighted by Gasteiger charge is 2.05. The van der Waals surface area contributed by atoms with E-state index in [1.165, 1.54) is 0 Å². The molecule has 0 fully saturated rings. The van der Waals surface area contributed by atoms with Crippen LogP contribution in [0.2, 0.25) is 0 Å². The van der Waals surface area contributed by atoms with Crippen LogP contribution < -0.4 is 5.73 Å². The summed E-state index contributed by atoms with van der Waals surface area (Å²) in [7, 11) is 0. The first-order chi connectivity index (χ1) is 6.16. The molecule has 0 aliphatic rings. The maximum atomic E-state index is 13.3. The van der Waals surface area contributed by atoms with Crippen LogP contribution in [0.3, 0.4) is 0 Å². The molecule has 0 aliphatic carbocycles. The third kappa shape index (κ3) is 1.85. The number of allylic oxidation sites excluding steroid dienone is 1. The van der Waals surface area contributed by atoms with Gasteiger partial charge in [-0.3, -0.25) is 0 Å². The monoisotopic (exact) mass is 176 g/mol. The van der Waals surface area contributed by atoms with Gasteiger partial charge >= 0.3 is 0 Å². The summed E-state index contributed by atoms with van der Waals surface area (Å²) >= 11 is 0. The fourth-order valence-electron chi connectivity index (χ4n) is 1.02. The summed E-state index contributed by atoms with van der Waals surface area (Å²) in [5.41, 5.74) is 6.43. The van der Waals surface area contributed by atoms with Crippen LogP contribution in [0, 0.1) is 24.1 Å². The highest BCUT2D eigenvalue weighted by Crippen LogP contribution is 2.16. The van der Waals surface area contributed by atoms with Crippen LogP contribution in [-0.2, 0) is 0 Å². The molecule has 0 amide bonds. The predicted octanol–water partition coefficient (Wildman–Crippen LogP) is 1.96. The Morgan fingerprint density at radius 3 is 2.92 bits per heavy atom. The van der Waals surface area contributed by atoms with Gasteiger partial charge in [-0.1, -0.05) is 12.1 Å². The molecule has 3 heteroatoms. The molecule has 0 aliphatic heterocycles. The van der Waals surface area contributed by atoms with E-state index < -0.39 is 0 Å². The van der Waals surface area contributed by atoms with Gasteiger partial charge in [0.05, 0.1) is 11.8 Å². The van der Waals surface area contributed by atoms with Gasteiger partial charge in [-0.05, 0) is 18.6 Å². The van der Waals surface area contributed by atoms with Gasteiger partial charge in [-0.2, -0.15) is 5.26 Å². The van der Waals surface area contributed by atoms with Crippen molar-refractivity contribution < 1.29 is 4.39 Å². The Hall–Kier alpha value is -1.82. The van der Waals surface area contributed by atoms with Gasteiger partial charge in [0.25, 0.3) is 0 Å². The van der Waals surface area contributed by atoms with Gasteiger partial charge in [-0.15, -0.1) is 0 Å². The van der Waals surface area contributed by atoms with E-state index in [0.29, 0.717) is 5.56 Å². The molecule has 2 N–H and O–H groups in total. The molecule has 0 atom stereocenters. The van der Waals surface area contributed by atoms with Gasteiger partial charge in [0.15, 0.2) is 0 Å². The lowest BCUT2D eigenvalue weighted by Crippen LogP contribution is -2.00. The Bertz CT molecular complexity index is 388. The molecular weight excluding hydrogens is 167 g/mol. The van der Waals surface area contributed by atoms with Crippen LogP contribution in [-0.4, -0.2) is 0 Å². The van der Waals surface area contributed by atoms with Crippen molar-refractivity contribution in [3.63, 3.8) is 0 Å². The quantitative estimate of drug-likeness (QED) is 0.665. The normalized spacial score (nSPS) is 11.0. The first kappa shape index (κ1) is 9.27. The zero-order valence-corrected chi connectivity index (χ0v) is 7.21.